The highest BCUT2D eigenvalue weighted by Gasteiger charge is 2.47. The molecule has 0 radical (unpaired) electrons. The highest BCUT2D eigenvalue weighted by atomic mass is 31.2. The van der Waals surface area contributed by atoms with Crippen LogP contribution in [0, 0.1) is 12.3 Å². The van der Waals surface area contributed by atoms with Gasteiger partial charge < -0.3 is 15.5 Å². The molecule has 2 rings (SSSR count). The Morgan fingerprint density at radius 2 is 1.79 bits per heavy atom. The minimum absolute atomic E-state index is 0.00972. The van der Waals surface area contributed by atoms with Crippen molar-refractivity contribution in [1.82, 2.24) is 0 Å². The van der Waals surface area contributed by atoms with Gasteiger partial charge in [0.15, 0.2) is 0 Å². The highest BCUT2D eigenvalue weighted by molar-refractivity contribution is 7.46. The molecule has 1 unspecified atom stereocenters. The smallest absolute Gasteiger partial charge is 0.324 e. The molecule has 0 fully saturated rings. The molecule has 7 heteroatoms. The number of carbonyl (C=O) groups excluding carboxylic acids is 1. The lowest BCUT2D eigenvalue weighted by Crippen LogP contribution is -2.57. The summed E-state index contributed by atoms with van der Waals surface area (Å²) >= 11 is 0. The predicted octanol–water partition coefficient (Wildman–Crippen LogP) is 7.47. The third-order valence-corrected chi connectivity index (χ3v) is 8.83. The van der Waals surface area contributed by atoms with Gasteiger partial charge in [-0.2, -0.15) is 0 Å². The summed E-state index contributed by atoms with van der Waals surface area (Å²) in [5.41, 5.74) is 13.5. The topological polar surface area (TPSA) is 110 Å². The van der Waals surface area contributed by atoms with Gasteiger partial charge in [0.1, 0.15) is 5.78 Å². The Kier molecular flexibility index (Phi) is 12.4. The van der Waals surface area contributed by atoms with Gasteiger partial charge >= 0.3 is 7.82 Å². The van der Waals surface area contributed by atoms with Crippen molar-refractivity contribution >= 4 is 13.6 Å². The van der Waals surface area contributed by atoms with Gasteiger partial charge in [-0.05, 0) is 86.5 Å². The molecule has 0 amide bonds. The van der Waals surface area contributed by atoms with Crippen molar-refractivity contribution in [1.29, 1.82) is 0 Å². The number of phosphoric ester groups is 1. The Bertz CT molecular complexity index is 1010. The molecular weight excluding hydrogens is 497 g/mol. The Labute approximate surface area is 231 Å². The van der Waals surface area contributed by atoms with Crippen molar-refractivity contribution in [2.24, 2.45) is 11.1 Å². The number of rotatable bonds is 15. The summed E-state index contributed by atoms with van der Waals surface area (Å²) in [4.78, 5) is 30.4. The maximum absolute atomic E-state index is 12.8. The molecule has 6 nitrogen and oxygen atoms in total. The monoisotopic (exact) mass is 549 g/mol. The molecule has 1 aromatic rings. The van der Waals surface area contributed by atoms with Gasteiger partial charge in [0.2, 0.25) is 0 Å². The van der Waals surface area contributed by atoms with Gasteiger partial charge in [-0.3, -0.25) is 9.32 Å². The van der Waals surface area contributed by atoms with E-state index >= 15 is 0 Å². The zero-order valence-corrected chi connectivity index (χ0v) is 25.5. The number of unbranched alkanes of at least 4 members (excludes halogenated alkanes) is 4. The number of nitrogens with two attached hydrogens (primary N) is 1. The van der Waals surface area contributed by atoms with E-state index in [4.69, 9.17) is 15.5 Å². The van der Waals surface area contributed by atoms with Crippen LogP contribution in [0.25, 0.3) is 0 Å². The molecule has 0 saturated heterocycles. The largest absolute Gasteiger partial charge is 0.469 e. The van der Waals surface area contributed by atoms with Crippen LogP contribution in [0.1, 0.15) is 127 Å². The molecule has 1 aliphatic carbocycles. The molecule has 0 saturated carbocycles. The second kappa shape index (κ2) is 14.4. The first-order chi connectivity index (χ1) is 17.7. The number of aryl methyl sites for hydroxylation is 3. The van der Waals surface area contributed by atoms with Crippen LogP contribution in [-0.4, -0.2) is 27.7 Å². The van der Waals surface area contributed by atoms with E-state index in [1.807, 2.05) is 0 Å². The lowest BCUT2D eigenvalue weighted by atomic mass is 9.58. The van der Waals surface area contributed by atoms with Crippen molar-refractivity contribution in [3.63, 3.8) is 0 Å². The van der Waals surface area contributed by atoms with Crippen LogP contribution in [0.3, 0.4) is 0 Å². The van der Waals surface area contributed by atoms with E-state index in [1.165, 1.54) is 47.1 Å². The normalized spacial score (nSPS) is 20.4. The fraction of sp³-hybridized carbons (Fsp3) is 0.710. The number of carbonyl (C=O) groups is 1. The minimum atomic E-state index is -4.42. The second-order valence-electron chi connectivity index (χ2n) is 12.4. The number of Topliss-reactive ketones (excluding diaryl/α,β-unsaturated/α-hetero) is 1. The predicted molar refractivity (Wildman–Crippen MR) is 156 cm³/mol. The summed E-state index contributed by atoms with van der Waals surface area (Å²) in [5.74, 6) is 0.437. The Hall–Kier alpha value is -1.30. The van der Waals surface area contributed by atoms with Crippen LogP contribution in [0.4, 0.5) is 0 Å². The molecule has 38 heavy (non-hydrogen) atoms. The van der Waals surface area contributed by atoms with E-state index in [9.17, 15) is 9.36 Å². The maximum atomic E-state index is 12.8. The Morgan fingerprint density at radius 3 is 2.42 bits per heavy atom. The standard InChI is InChI=1S/C31H52NO5P/c1-7-8-10-13-25-21-24(3)29(28-20-23(2)17-18-31(28,32)30(4,5)6)26(22-25)15-16-27(33)14-11-9-12-19-37-38(34,35)36/h17,21-22,28H,7-16,18-20,32H2,1-6H3,(H2,34,35,36)/t28?,31-/m0/s1. The van der Waals surface area contributed by atoms with Crippen molar-refractivity contribution in [3.05, 3.63) is 46.0 Å². The van der Waals surface area contributed by atoms with Crippen LogP contribution < -0.4 is 5.73 Å². The van der Waals surface area contributed by atoms with Crippen LogP contribution >= 0.6 is 7.82 Å². The van der Waals surface area contributed by atoms with Crippen LogP contribution in [0.15, 0.2) is 23.8 Å². The van der Waals surface area contributed by atoms with E-state index in [1.54, 1.807) is 0 Å². The third kappa shape index (κ3) is 9.71. The van der Waals surface area contributed by atoms with E-state index in [0.29, 0.717) is 32.1 Å². The molecule has 4 N–H and O–H groups in total. The average molecular weight is 550 g/mol. The molecule has 0 heterocycles. The van der Waals surface area contributed by atoms with Gasteiger partial charge in [-0.1, -0.05) is 70.7 Å². The molecule has 1 aliphatic rings. The lowest BCUT2D eigenvalue weighted by molar-refractivity contribution is -0.119. The minimum Gasteiger partial charge on any atom is -0.324 e. The highest BCUT2D eigenvalue weighted by Crippen LogP contribution is 2.50. The summed E-state index contributed by atoms with van der Waals surface area (Å²) < 4.78 is 15.3. The van der Waals surface area contributed by atoms with E-state index in [2.05, 4.69) is 64.3 Å². The van der Waals surface area contributed by atoms with Crippen LogP contribution in [0.5, 0.6) is 0 Å². The summed E-state index contributed by atoms with van der Waals surface area (Å²) in [5, 5.41) is 0. The molecule has 0 bridgehead atoms. The van der Waals surface area contributed by atoms with Crippen molar-refractivity contribution in [3.8, 4) is 0 Å². The zero-order valence-electron chi connectivity index (χ0n) is 24.6. The van der Waals surface area contributed by atoms with E-state index in [-0.39, 0.29) is 29.3 Å². The average Bonchev–Trinajstić information content (AvgIpc) is 2.80. The fourth-order valence-corrected chi connectivity index (χ4v) is 6.19. The number of phosphoric acid groups is 1. The summed E-state index contributed by atoms with van der Waals surface area (Å²) in [6, 6.07) is 4.70. The van der Waals surface area contributed by atoms with Gasteiger partial charge in [-0.25, -0.2) is 4.57 Å². The van der Waals surface area contributed by atoms with Crippen molar-refractivity contribution in [2.75, 3.05) is 6.61 Å². The number of ketones is 1. The first kappa shape index (κ1) is 32.9. The van der Waals surface area contributed by atoms with Gasteiger partial charge in [0.05, 0.1) is 6.61 Å². The van der Waals surface area contributed by atoms with Gasteiger partial charge in [-0.15, -0.1) is 0 Å². The molecular formula is C31H52NO5P. The first-order valence-corrected chi connectivity index (χ1v) is 16.0. The third-order valence-electron chi connectivity index (χ3n) is 8.31. The number of allylic oxidation sites excluding steroid dienone is 1. The van der Waals surface area contributed by atoms with Gasteiger partial charge in [0.25, 0.3) is 0 Å². The number of hydrogen-bond donors (Lipinski definition) is 3. The summed E-state index contributed by atoms with van der Waals surface area (Å²) in [6.45, 7) is 13.4. The summed E-state index contributed by atoms with van der Waals surface area (Å²) in [6.07, 6.45) is 12.4. The Balaban J connectivity index is 2.21. The lowest BCUT2D eigenvalue weighted by Gasteiger charge is -2.50. The summed E-state index contributed by atoms with van der Waals surface area (Å²) in [7, 11) is -4.42. The number of hydrogen-bond acceptors (Lipinski definition) is 4. The maximum Gasteiger partial charge on any atom is 0.469 e. The van der Waals surface area contributed by atoms with E-state index in [0.717, 1.165) is 25.7 Å². The molecule has 2 atom stereocenters. The first-order valence-electron chi connectivity index (χ1n) is 14.5. The molecule has 216 valence electrons. The Morgan fingerprint density at radius 1 is 1.08 bits per heavy atom. The van der Waals surface area contributed by atoms with Crippen molar-refractivity contribution < 1.29 is 23.7 Å². The number of benzene rings is 1. The van der Waals surface area contributed by atoms with Crippen LogP contribution in [0.2, 0.25) is 0 Å². The van der Waals surface area contributed by atoms with Crippen molar-refractivity contribution in [2.45, 2.75) is 130 Å². The molecule has 0 aromatic heterocycles. The van der Waals surface area contributed by atoms with Crippen LogP contribution in [-0.2, 0) is 26.7 Å². The van der Waals surface area contributed by atoms with E-state index < -0.39 is 7.82 Å². The molecule has 1 aromatic carbocycles. The second-order valence-corrected chi connectivity index (χ2v) is 13.7. The molecule has 0 aliphatic heterocycles. The van der Waals surface area contributed by atoms with Gasteiger partial charge in [0, 0.05) is 24.3 Å². The fourth-order valence-electron chi connectivity index (χ4n) is 5.83. The quantitative estimate of drug-likeness (QED) is 0.119. The molecule has 0 spiro atoms. The SMILES string of the molecule is CCCCCc1cc(C)c(C2CC(C)=CC[C@@]2(N)C(C)(C)C)c(CCC(=O)CCCCCOP(=O)(O)O)c1. The zero-order chi connectivity index (χ0) is 28.6.